The third-order valence-corrected chi connectivity index (χ3v) is 3.96. The molecule has 3 heteroatoms. The van der Waals surface area contributed by atoms with Gasteiger partial charge in [0, 0.05) is 24.7 Å². The van der Waals surface area contributed by atoms with Gasteiger partial charge >= 0.3 is 0 Å². The zero-order valence-electron chi connectivity index (χ0n) is 13.1. The van der Waals surface area contributed by atoms with Crippen molar-refractivity contribution in [2.45, 2.75) is 51.7 Å². The molecule has 1 fully saturated rings. The van der Waals surface area contributed by atoms with Gasteiger partial charge < -0.3 is 10.1 Å². The van der Waals surface area contributed by atoms with E-state index in [2.05, 4.69) is 35.3 Å². The summed E-state index contributed by atoms with van der Waals surface area (Å²) >= 11 is 0. The first kappa shape index (κ1) is 15.3. The average molecular weight is 276 g/mol. The Morgan fingerprint density at radius 1 is 1.35 bits per heavy atom. The van der Waals surface area contributed by atoms with Crippen molar-refractivity contribution in [2.75, 3.05) is 20.7 Å². The first-order valence-electron chi connectivity index (χ1n) is 7.83. The molecule has 0 heterocycles. The molecule has 1 N–H and O–H groups in total. The maximum absolute atomic E-state index is 5.54. The van der Waals surface area contributed by atoms with Crippen molar-refractivity contribution in [2.24, 2.45) is 0 Å². The van der Waals surface area contributed by atoms with E-state index in [1.54, 1.807) is 7.11 Å². The highest BCUT2D eigenvalue weighted by atomic mass is 16.5. The maximum atomic E-state index is 5.54. The van der Waals surface area contributed by atoms with Crippen molar-refractivity contribution in [3.63, 3.8) is 0 Å². The molecule has 1 aromatic carbocycles. The zero-order valence-corrected chi connectivity index (χ0v) is 13.1. The number of unbranched alkanes of at least 4 members (excludes halogenated alkanes) is 1. The summed E-state index contributed by atoms with van der Waals surface area (Å²) in [6, 6.07) is 7.34. The monoisotopic (exact) mass is 276 g/mol. The normalized spacial score (nSPS) is 14.8. The van der Waals surface area contributed by atoms with Gasteiger partial charge in [-0.2, -0.15) is 0 Å². The highest BCUT2D eigenvalue weighted by molar-refractivity contribution is 5.37. The van der Waals surface area contributed by atoms with Crippen molar-refractivity contribution in [3.05, 3.63) is 29.3 Å². The molecule has 0 amide bonds. The van der Waals surface area contributed by atoms with Gasteiger partial charge in [0.05, 0.1) is 7.11 Å². The lowest BCUT2D eigenvalue weighted by molar-refractivity contribution is 0.246. The molecular weight excluding hydrogens is 248 g/mol. The lowest BCUT2D eigenvalue weighted by Crippen LogP contribution is -2.27. The van der Waals surface area contributed by atoms with E-state index >= 15 is 0 Å². The Labute approximate surface area is 123 Å². The number of ether oxygens (including phenoxy) is 1. The Hall–Kier alpha value is -1.06. The average Bonchev–Trinajstić information content (AvgIpc) is 3.28. The topological polar surface area (TPSA) is 24.5 Å². The smallest absolute Gasteiger partial charge is 0.123 e. The molecule has 1 aromatic rings. The van der Waals surface area contributed by atoms with Crippen LogP contribution in [0.15, 0.2) is 18.2 Å². The van der Waals surface area contributed by atoms with Crippen LogP contribution in [0.5, 0.6) is 5.75 Å². The van der Waals surface area contributed by atoms with Gasteiger partial charge in [-0.3, -0.25) is 4.90 Å². The second-order valence-electron chi connectivity index (χ2n) is 5.73. The number of methoxy groups -OCH3 is 1. The van der Waals surface area contributed by atoms with Crippen LogP contribution in [0.4, 0.5) is 0 Å². The molecule has 0 atom stereocenters. The quantitative estimate of drug-likeness (QED) is 0.749. The largest absolute Gasteiger partial charge is 0.496 e. The van der Waals surface area contributed by atoms with Crippen LogP contribution in [0, 0.1) is 0 Å². The molecule has 0 unspecified atom stereocenters. The van der Waals surface area contributed by atoms with Crippen LogP contribution in [-0.4, -0.2) is 31.6 Å². The molecule has 112 valence electrons. The summed E-state index contributed by atoms with van der Waals surface area (Å²) in [6.07, 6.45) is 5.28. The summed E-state index contributed by atoms with van der Waals surface area (Å²) in [5, 5.41) is 3.22. The van der Waals surface area contributed by atoms with Crippen molar-refractivity contribution in [3.8, 4) is 5.75 Å². The highest BCUT2D eigenvalue weighted by Gasteiger charge is 2.28. The molecule has 1 saturated carbocycles. The SMILES string of the molecule is CCCCN(Cc1cc(CNC)ccc1OC)C1CC1. The molecule has 1 aliphatic rings. The van der Waals surface area contributed by atoms with Crippen LogP contribution < -0.4 is 10.1 Å². The molecule has 1 aliphatic carbocycles. The molecule has 0 saturated heterocycles. The minimum absolute atomic E-state index is 0.805. The summed E-state index contributed by atoms with van der Waals surface area (Å²) in [7, 11) is 3.76. The van der Waals surface area contributed by atoms with Crippen LogP contribution in [-0.2, 0) is 13.1 Å². The molecule has 0 aromatic heterocycles. The fourth-order valence-corrected chi connectivity index (χ4v) is 2.68. The molecule has 3 nitrogen and oxygen atoms in total. The van der Waals surface area contributed by atoms with Gasteiger partial charge in [-0.15, -0.1) is 0 Å². The first-order valence-corrected chi connectivity index (χ1v) is 7.83. The lowest BCUT2D eigenvalue weighted by atomic mass is 10.1. The number of hydrogen-bond donors (Lipinski definition) is 1. The Morgan fingerprint density at radius 2 is 2.15 bits per heavy atom. The summed E-state index contributed by atoms with van der Waals surface area (Å²) in [5.41, 5.74) is 2.65. The van der Waals surface area contributed by atoms with Crippen LogP contribution in [0.25, 0.3) is 0 Å². The van der Waals surface area contributed by atoms with E-state index in [9.17, 15) is 0 Å². The molecular formula is C17H28N2O. The second kappa shape index (κ2) is 7.65. The van der Waals surface area contributed by atoms with E-state index in [0.717, 1.165) is 24.9 Å². The minimum atomic E-state index is 0.805. The Balaban J connectivity index is 2.09. The predicted octanol–water partition coefficient (Wildman–Crippen LogP) is 3.18. The molecule has 0 aliphatic heterocycles. The standard InChI is InChI=1S/C17H28N2O/c1-4-5-10-19(16-7-8-16)13-15-11-14(12-18-2)6-9-17(15)20-3/h6,9,11,16,18H,4-5,7-8,10,12-13H2,1-3H3. The van der Waals surface area contributed by atoms with Crippen LogP contribution >= 0.6 is 0 Å². The van der Waals surface area contributed by atoms with E-state index < -0.39 is 0 Å². The third-order valence-electron chi connectivity index (χ3n) is 3.96. The fraction of sp³-hybridized carbons (Fsp3) is 0.647. The molecule has 0 bridgehead atoms. The van der Waals surface area contributed by atoms with Gasteiger partial charge in [-0.25, -0.2) is 0 Å². The zero-order chi connectivity index (χ0) is 14.4. The summed E-state index contributed by atoms with van der Waals surface area (Å²) in [5.74, 6) is 1.02. The number of rotatable bonds is 9. The van der Waals surface area contributed by atoms with Crippen molar-refractivity contribution in [1.29, 1.82) is 0 Å². The number of hydrogen-bond acceptors (Lipinski definition) is 3. The minimum Gasteiger partial charge on any atom is -0.496 e. The van der Waals surface area contributed by atoms with E-state index in [-0.39, 0.29) is 0 Å². The fourth-order valence-electron chi connectivity index (χ4n) is 2.68. The Kier molecular flexibility index (Phi) is 5.86. The number of nitrogens with zero attached hydrogens (tertiary/aromatic N) is 1. The predicted molar refractivity (Wildman–Crippen MR) is 84.1 cm³/mol. The van der Waals surface area contributed by atoms with Crippen molar-refractivity contribution in [1.82, 2.24) is 10.2 Å². The van der Waals surface area contributed by atoms with Crippen molar-refractivity contribution >= 4 is 0 Å². The van der Waals surface area contributed by atoms with E-state index in [4.69, 9.17) is 4.74 Å². The maximum Gasteiger partial charge on any atom is 0.123 e. The Morgan fingerprint density at radius 3 is 2.75 bits per heavy atom. The van der Waals surface area contributed by atoms with Gasteiger partial charge in [-0.05, 0) is 50.6 Å². The van der Waals surface area contributed by atoms with Crippen molar-refractivity contribution < 1.29 is 4.74 Å². The summed E-state index contributed by atoms with van der Waals surface area (Å²) in [6.45, 7) is 5.40. The van der Waals surface area contributed by atoms with Gasteiger partial charge in [0.25, 0.3) is 0 Å². The van der Waals surface area contributed by atoms with Gasteiger partial charge in [-0.1, -0.05) is 19.4 Å². The number of nitrogens with one attached hydrogen (secondary N) is 1. The lowest BCUT2D eigenvalue weighted by Gasteiger charge is -2.23. The molecule has 2 rings (SSSR count). The van der Waals surface area contributed by atoms with Gasteiger partial charge in [0.15, 0.2) is 0 Å². The van der Waals surface area contributed by atoms with E-state index in [1.165, 1.54) is 43.4 Å². The second-order valence-corrected chi connectivity index (χ2v) is 5.73. The van der Waals surface area contributed by atoms with Crippen LogP contribution in [0.2, 0.25) is 0 Å². The van der Waals surface area contributed by atoms with E-state index in [1.807, 2.05) is 7.05 Å². The third kappa shape index (κ3) is 4.22. The Bertz CT molecular complexity index is 415. The number of benzene rings is 1. The van der Waals surface area contributed by atoms with Crippen LogP contribution in [0.3, 0.4) is 0 Å². The molecule has 0 radical (unpaired) electrons. The summed E-state index contributed by atoms with van der Waals surface area (Å²) < 4.78 is 5.54. The van der Waals surface area contributed by atoms with Crippen LogP contribution in [0.1, 0.15) is 43.7 Å². The molecule has 0 spiro atoms. The van der Waals surface area contributed by atoms with Gasteiger partial charge in [0.2, 0.25) is 0 Å². The van der Waals surface area contributed by atoms with E-state index in [0.29, 0.717) is 0 Å². The first-order chi connectivity index (χ1) is 9.78. The van der Waals surface area contributed by atoms with Gasteiger partial charge in [0.1, 0.15) is 5.75 Å². The molecule has 20 heavy (non-hydrogen) atoms. The highest BCUT2D eigenvalue weighted by Crippen LogP contribution is 2.31. The summed E-state index contributed by atoms with van der Waals surface area (Å²) in [4.78, 5) is 2.63.